The number of amides is 1. The molecule has 0 saturated heterocycles. The summed E-state index contributed by atoms with van der Waals surface area (Å²) in [6, 6.07) is 14.9. The van der Waals surface area contributed by atoms with Gasteiger partial charge in [0.1, 0.15) is 23.9 Å². The van der Waals surface area contributed by atoms with Crippen LogP contribution in [0.4, 0.5) is 0 Å². The van der Waals surface area contributed by atoms with Crippen LogP contribution in [0, 0.1) is 0 Å². The number of nitrogens with two attached hydrogens (primary N) is 1. The van der Waals surface area contributed by atoms with Gasteiger partial charge < -0.3 is 20.9 Å². The smallest absolute Gasteiger partial charge is 0.259 e. The van der Waals surface area contributed by atoms with E-state index in [4.69, 9.17) is 10.5 Å². The molecule has 10 heteroatoms. The maximum atomic E-state index is 12.9. The molecule has 9 nitrogen and oxygen atoms in total. The Labute approximate surface area is 197 Å². The number of rotatable bonds is 6. The number of nitrogens with zero attached hydrogens (tertiary/aromatic N) is 2. The van der Waals surface area contributed by atoms with Gasteiger partial charge in [0, 0.05) is 17.3 Å². The van der Waals surface area contributed by atoms with Crippen molar-refractivity contribution in [1.29, 1.82) is 0 Å². The molecule has 0 aliphatic carbocycles. The number of ether oxygens (including phenoxy) is 1. The molecular weight excluding hydrogens is 456 g/mol. The monoisotopic (exact) mass is 480 g/mol. The van der Waals surface area contributed by atoms with E-state index in [2.05, 4.69) is 14.7 Å². The first-order valence-electron chi connectivity index (χ1n) is 10.4. The molecule has 0 saturated carbocycles. The van der Waals surface area contributed by atoms with E-state index in [0.717, 1.165) is 0 Å². The third kappa shape index (κ3) is 5.18. The predicted octanol–water partition coefficient (Wildman–Crippen LogP) is 2.59. The van der Waals surface area contributed by atoms with Crippen LogP contribution in [0.15, 0.2) is 65.2 Å². The lowest BCUT2D eigenvalue weighted by atomic mass is 10.0. The highest BCUT2D eigenvalue weighted by atomic mass is 32.2. The molecule has 1 aromatic heterocycles. The molecule has 0 atom stereocenters. The van der Waals surface area contributed by atoms with E-state index in [0.29, 0.717) is 33.7 Å². The van der Waals surface area contributed by atoms with Crippen molar-refractivity contribution in [3.8, 4) is 22.8 Å². The third-order valence-corrected chi connectivity index (χ3v) is 6.30. The Morgan fingerprint density at radius 2 is 1.94 bits per heavy atom. The lowest BCUT2D eigenvalue weighted by molar-refractivity contribution is 0.0880. The number of carbonyl (C=O) groups is 1. The maximum absolute atomic E-state index is 12.9. The van der Waals surface area contributed by atoms with Gasteiger partial charge in [-0.25, -0.2) is 8.42 Å². The minimum Gasteiger partial charge on any atom is -0.508 e. The molecule has 0 spiro atoms. The van der Waals surface area contributed by atoms with E-state index < -0.39 is 15.6 Å². The van der Waals surface area contributed by atoms with Crippen LogP contribution in [0.5, 0.6) is 11.5 Å². The molecule has 1 aliphatic heterocycles. The van der Waals surface area contributed by atoms with Crippen molar-refractivity contribution >= 4 is 21.8 Å². The minimum absolute atomic E-state index is 0.0969. The summed E-state index contributed by atoms with van der Waals surface area (Å²) in [5.74, 6) is -0.177. The minimum atomic E-state index is -3.65. The highest BCUT2D eigenvalue weighted by Crippen LogP contribution is 2.29. The van der Waals surface area contributed by atoms with Crippen LogP contribution < -0.4 is 15.8 Å². The fourth-order valence-corrected chi connectivity index (χ4v) is 4.69. The van der Waals surface area contributed by atoms with Gasteiger partial charge in [0.2, 0.25) is 0 Å². The van der Waals surface area contributed by atoms with Crippen LogP contribution in [0.25, 0.3) is 11.3 Å². The van der Waals surface area contributed by atoms with Gasteiger partial charge in [0.15, 0.2) is 0 Å². The summed E-state index contributed by atoms with van der Waals surface area (Å²) >= 11 is 0. The van der Waals surface area contributed by atoms with Gasteiger partial charge in [0.05, 0.1) is 22.5 Å². The van der Waals surface area contributed by atoms with Gasteiger partial charge in [-0.2, -0.15) is 0 Å². The molecule has 4 rings (SSSR count). The molecular formula is C24H24N4O5S. The van der Waals surface area contributed by atoms with E-state index in [1.54, 1.807) is 68.4 Å². The number of pyridine rings is 1. The number of benzene rings is 2. The summed E-state index contributed by atoms with van der Waals surface area (Å²) in [6.07, 6.45) is 1.53. The molecule has 176 valence electrons. The van der Waals surface area contributed by atoms with Gasteiger partial charge in [-0.05, 0) is 49.7 Å². The number of aromatic hydroxyl groups is 1. The standard InChI is InChI=1S/C24H24N4O5S/c1-24(2,14-33-20-8-4-6-17-13-34(31,32)28-22(25)21(17)20)27-23(30)16-9-10-26-19(12-16)15-5-3-7-18(29)11-15/h3-12,29H,13-14H2,1-2H3,(H2,25,28)(H,27,30). The number of phenols is 1. The van der Waals surface area contributed by atoms with E-state index in [1.165, 1.54) is 6.20 Å². The number of amidine groups is 1. The first-order valence-corrected chi connectivity index (χ1v) is 12.1. The number of phenolic OH excluding ortho intramolecular Hbond substituents is 1. The summed E-state index contributed by atoms with van der Waals surface area (Å²) in [5, 5.41) is 12.6. The number of fused-ring (bicyclic) bond motifs is 1. The molecule has 1 aliphatic rings. The van der Waals surface area contributed by atoms with E-state index in [1.807, 2.05) is 0 Å². The van der Waals surface area contributed by atoms with Crippen molar-refractivity contribution in [2.45, 2.75) is 25.1 Å². The van der Waals surface area contributed by atoms with Crippen LogP contribution >= 0.6 is 0 Å². The van der Waals surface area contributed by atoms with Crippen molar-refractivity contribution in [1.82, 2.24) is 10.3 Å². The quantitative estimate of drug-likeness (QED) is 0.492. The highest BCUT2D eigenvalue weighted by molar-refractivity contribution is 7.89. The normalized spacial score (nSPS) is 14.6. The Hall–Kier alpha value is -3.92. The maximum Gasteiger partial charge on any atom is 0.259 e. The summed E-state index contributed by atoms with van der Waals surface area (Å²) in [6.45, 7) is 3.71. The second kappa shape index (κ2) is 8.79. The van der Waals surface area contributed by atoms with Crippen LogP contribution in [-0.2, 0) is 15.8 Å². The van der Waals surface area contributed by atoms with Gasteiger partial charge in [-0.15, -0.1) is 4.40 Å². The molecule has 0 fully saturated rings. The molecule has 0 bridgehead atoms. The Morgan fingerprint density at radius 1 is 1.18 bits per heavy atom. The number of carbonyl (C=O) groups excluding carboxylic acids is 1. The van der Waals surface area contributed by atoms with Crippen molar-refractivity contribution in [3.63, 3.8) is 0 Å². The molecule has 1 amide bonds. The molecule has 2 heterocycles. The van der Waals surface area contributed by atoms with Crippen LogP contribution in [0.1, 0.15) is 35.3 Å². The second-order valence-electron chi connectivity index (χ2n) is 8.60. The summed E-state index contributed by atoms with van der Waals surface area (Å²) < 4.78 is 33.3. The molecule has 0 radical (unpaired) electrons. The Bertz CT molecular complexity index is 1400. The van der Waals surface area contributed by atoms with Gasteiger partial charge in [0.25, 0.3) is 15.9 Å². The topological polar surface area (TPSA) is 144 Å². The second-order valence-corrected chi connectivity index (χ2v) is 10.2. The highest BCUT2D eigenvalue weighted by Gasteiger charge is 2.27. The Morgan fingerprint density at radius 3 is 2.71 bits per heavy atom. The fourth-order valence-electron chi connectivity index (χ4n) is 3.60. The Kier molecular flexibility index (Phi) is 6.01. The van der Waals surface area contributed by atoms with Gasteiger partial charge in [-0.1, -0.05) is 24.3 Å². The zero-order chi connectivity index (χ0) is 24.5. The van der Waals surface area contributed by atoms with Crippen LogP contribution in [0.2, 0.25) is 0 Å². The van der Waals surface area contributed by atoms with Crippen molar-refractivity contribution in [3.05, 3.63) is 77.5 Å². The number of sulfonamides is 1. The molecule has 4 N–H and O–H groups in total. The average molecular weight is 481 g/mol. The van der Waals surface area contributed by atoms with E-state index >= 15 is 0 Å². The fraction of sp³-hybridized carbons (Fsp3) is 0.208. The zero-order valence-corrected chi connectivity index (χ0v) is 19.5. The summed E-state index contributed by atoms with van der Waals surface area (Å²) in [5.41, 5.74) is 7.72. The lowest BCUT2D eigenvalue weighted by Crippen LogP contribution is -2.48. The lowest BCUT2D eigenvalue weighted by Gasteiger charge is -2.27. The number of hydrogen-bond donors (Lipinski definition) is 3. The molecule has 34 heavy (non-hydrogen) atoms. The summed E-state index contributed by atoms with van der Waals surface area (Å²) in [4.78, 5) is 17.2. The predicted molar refractivity (Wildman–Crippen MR) is 128 cm³/mol. The number of nitrogens with one attached hydrogen (secondary N) is 1. The number of aromatic nitrogens is 1. The third-order valence-electron chi connectivity index (χ3n) is 5.15. The molecule has 3 aromatic rings. The summed E-state index contributed by atoms with van der Waals surface area (Å²) in [7, 11) is -3.65. The zero-order valence-electron chi connectivity index (χ0n) is 18.6. The average Bonchev–Trinajstić information content (AvgIpc) is 2.76. The number of hydrogen-bond acceptors (Lipinski definition) is 7. The van der Waals surface area contributed by atoms with Gasteiger partial charge in [-0.3, -0.25) is 9.78 Å². The van der Waals surface area contributed by atoms with Crippen LogP contribution in [0.3, 0.4) is 0 Å². The van der Waals surface area contributed by atoms with E-state index in [-0.39, 0.29) is 29.9 Å². The Balaban J connectivity index is 1.48. The largest absolute Gasteiger partial charge is 0.508 e. The van der Waals surface area contributed by atoms with Crippen molar-refractivity contribution < 1.29 is 23.1 Å². The van der Waals surface area contributed by atoms with E-state index in [9.17, 15) is 18.3 Å². The first kappa shape index (κ1) is 23.2. The van der Waals surface area contributed by atoms with Gasteiger partial charge >= 0.3 is 0 Å². The first-order chi connectivity index (χ1) is 16.0. The van der Waals surface area contributed by atoms with Crippen LogP contribution in [-0.4, -0.2) is 42.4 Å². The van der Waals surface area contributed by atoms with Crippen molar-refractivity contribution in [2.75, 3.05) is 6.61 Å². The molecule has 2 aromatic carbocycles. The SMILES string of the molecule is CC(C)(COc1cccc2c1C(N)=NS(=O)(=O)C2)NC(=O)c1ccnc(-c2cccc(O)c2)c1. The van der Waals surface area contributed by atoms with Crippen molar-refractivity contribution in [2.24, 2.45) is 10.1 Å². The molecule has 0 unspecified atom stereocenters.